The molecule has 2 amide bonds. The van der Waals surface area contributed by atoms with Crippen LogP contribution >= 0.6 is 0 Å². The van der Waals surface area contributed by atoms with Gasteiger partial charge in [-0.1, -0.05) is 6.07 Å². The van der Waals surface area contributed by atoms with E-state index in [2.05, 4.69) is 10.2 Å². The summed E-state index contributed by atoms with van der Waals surface area (Å²) in [6.45, 7) is 11.0. The minimum absolute atomic E-state index is 0.00806. The number of carbonyl (C=O) groups is 1. The first kappa shape index (κ1) is 24.3. The standard InChI is InChI=1S/C21H35N3O5S/c1-5-22-21(25)24(16-19-10-9-13-28-19)15-17-11-12-18(23(6-2)7-3)14-20(17)29-30(26,27)8-4/h11-12,14,19H,5-10,13,15-16H2,1-4H3,(H,22,25). The van der Waals surface area contributed by atoms with Crippen LogP contribution < -0.4 is 14.4 Å². The van der Waals surface area contributed by atoms with Crippen LogP contribution in [0.2, 0.25) is 0 Å². The molecular weight excluding hydrogens is 406 g/mol. The maximum Gasteiger partial charge on any atom is 0.317 e. The second kappa shape index (κ2) is 11.4. The predicted molar refractivity (Wildman–Crippen MR) is 119 cm³/mol. The summed E-state index contributed by atoms with van der Waals surface area (Å²) in [5.41, 5.74) is 1.53. The lowest BCUT2D eigenvalue weighted by Gasteiger charge is -2.27. The second-order valence-electron chi connectivity index (χ2n) is 7.25. The Hall–Kier alpha value is -2.00. The van der Waals surface area contributed by atoms with Crippen LogP contribution in [0.1, 0.15) is 46.1 Å². The number of hydrogen-bond acceptors (Lipinski definition) is 6. The summed E-state index contributed by atoms with van der Waals surface area (Å²) in [6.07, 6.45) is 1.88. The van der Waals surface area contributed by atoms with Gasteiger partial charge in [-0.15, -0.1) is 0 Å². The summed E-state index contributed by atoms with van der Waals surface area (Å²) < 4.78 is 35.5. The molecule has 1 saturated heterocycles. The average Bonchev–Trinajstić information content (AvgIpc) is 3.23. The lowest BCUT2D eigenvalue weighted by atomic mass is 10.1. The third kappa shape index (κ3) is 6.77. The largest absolute Gasteiger partial charge is 0.382 e. The van der Waals surface area contributed by atoms with Crippen molar-refractivity contribution in [2.45, 2.75) is 53.2 Å². The molecule has 9 heteroatoms. The van der Waals surface area contributed by atoms with Gasteiger partial charge in [0.15, 0.2) is 0 Å². The summed E-state index contributed by atoms with van der Waals surface area (Å²) in [7, 11) is -3.70. The highest BCUT2D eigenvalue weighted by atomic mass is 32.2. The van der Waals surface area contributed by atoms with Crippen LogP contribution in [0.4, 0.5) is 10.5 Å². The van der Waals surface area contributed by atoms with Gasteiger partial charge in [0.05, 0.1) is 18.4 Å². The number of carbonyl (C=O) groups excluding carboxylic acids is 1. The Kier molecular flexibility index (Phi) is 9.23. The van der Waals surface area contributed by atoms with Gasteiger partial charge in [-0.2, -0.15) is 8.42 Å². The van der Waals surface area contributed by atoms with E-state index in [0.29, 0.717) is 25.3 Å². The molecule has 0 spiro atoms. The summed E-state index contributed by atoms with van der Waals surface area (Å²) in [4.78, 5) is 16.4. The summed E-state index contributed by atoms with van der Waals surface area (Å²) in [5.74, 6) is 0.139. The molecule has 1 N–H and O–H groups in total. The first-order chi connectivity index (χ1) is 14.3. The van der Waals surface area contributed by atoms with Crippen molar-refractivity contribution in [3.05, 3.63) is 23.8 Å². The van der Waals surface area contributed by atoms with Crippen molar-refractivity contribution >= 4 is 21.8 Å². The summed E-state index contributed by atoms with van der Waals surface area (Å²) in [5, 5.41) is 2.83. The van der Waals surface area contributed by atoms with Gasteiger partial charge in [0.25, 0.3) is 0 Å². The van der Waals surface area contributed by atoms with Crippen LogP contribution in [-0.2, 0) is 21.4 Å². The lowest BCUT2D eigenvalue weighted by molar-refractivity contribution is 0.0794. The maximum absolute atomic E-state index is 12.6. The molecule has 0 radical (unpaired) electrons. The molecule has 2 rings (SSSR count). The lowest BCUT2D eigenvalue weighted by Crippen LogP contribution is -2.43. The maximum atomic E-state index is 12.6. The van der Waals surface area contributed by atoms with E-state index in [-0.39, 0.29) is 30.2 Å². The molecule has 0 saturated carbocycles. The molecule has 0 bridgehead atoms. The molecule has 30 heavy (non-hydrogen) atoms. The van der Waals surface area contributed by atoms with Gasteiger partial charge >= 0.3 is 16.1 Å². The zero-order valence-corrected chi connectivity index (χ0v) is 19.3. The Morgan fingerprint density at radius 3 is 2.53 bits per heavy atom. The smallest absolute Gasteiger partial charge is 0.317 e. The molecule has 8 nitrogen and oxygen atoms in total. The minimum atomic E-state index is -3.70. The Morgan fingerprint density at radius 2 is 1.97 bits per heavy atom. The fourth-order valence-electron chi connectivity index (χ4n) is 3.45. The van der Waals surface area contributed by atoms with Crippen LogP contribution in [0.3, 0.4) is 0 Å². The van der Waals surface area contributed by atoms with E-state index in [9.17, 15) is 13.2 Å². The molecule has 0 aliphatic carbocycles. The molecule has 1 aromatic rings. The van der Waals surface area contributed by atoms with Crippen LogP contribution in [-0.4, -0.2) is 64.0 Å². The van der Waals surface area contributed by atoms with Crippen molar-refractivity contribution in [3.63, 3.8) is 0 Å². The van der Waals surface area contributed by atoms with Crippen molar-refractivity contribution in [1.29, 1.82) is 0 Å². The van der Waals surface area contributed by atoms with E-state index in [0.717, 1.165) is 31.6 Å². The number of rotatable bonds is 11. The average molecular weight is 442 g/mol. The number of nitrogens with one attached hydrogen (secondary N) is 1. The fraction of sp³-hybridized carbons (Fsp3) is 0.667. The molecule has 1 heterocycles. The molecule has 1 atom stereocenters. The zero-order valence-electron chi connectivity index (χ0n) is 18.5. The van der Waals surface area contributed by atoms with E-state index in [1.54, 1.807) is 17.9 Å². The molecule has 1 aliphatic rings. The number of hydrogen-bond donors (Lipinski definition) is 1. The highest BCUT2D eigenvalue weighted by Gasteiger charge is 2.24. The van der Waals surface area contributed by atoms with Gasteiger partial charge in [0, 0.05) is 50.1 Å². The molecule has 170 valence electrons. The number of nitrogens with zero attached hydrogens (tertiary/aromatic N) is 2. The summed E-state index contributed by atoms with van der Waals surface area (Å²) >= 11 is 0. The van der Waals surface area contributed by atoms with Crippen LogP contribution in [0.15, 0.2) is 18.2 Å². The molecule has 1 aliphatic heterocycles. The van der Waals surface area contributed by atoms with E-state index in [4.69, 9.17) is 8.92 Å². The van der Waals surface area contributed by atoms with Gasteiger partial charge in [-0.05, 0) is 46.6 Å². The van der Waals surface area contributed by atoms with Crippen LogP contribution in [0.5, 0.6) is 5.75 Å². The minimum Gasteiger partial charge on any atom is -0.382 e. The van der Waals surface area contributed by atoms with E-state index >= 15 is 0 Å². The number of urea groups is 1. The van der Waals surface area contributed by atoms with E-state index in [1.807, 2.05) is 32.9 Å². The third-order valence-electron chi connectivity index (χ3n) is 5.17. The van der Waals surface area contributed by atoms with Crippen LogP contribution in [0.25, 0.3) is 0 Å². The quantitative estimate of drug-likeness (QED) is 0.531. The number of amides is 2. The normalized spacial score (nSPS) is 16.3. The van der Waals surface area contributed by atoms with Gasteiger partial charge in [-0.3, -0.25) is 0 Å². The molecule has 1 aromatic carbocycles. The van der Waals surface area contributed by atoms with Gasteiger partial charge < -0.3 is 24.0 Å². The predicted octanol–water partition coefficient (Wildman–Crippen LogP) is 2.97. The van der Waals surface area contributed by atoms with Crippen molar-refractivity contribution in [1.82, 2.24) is 10.2 Å². The van der Waals surface area contributed by atoms with E-state index < -0.39 is 10.1 Å². The third-order valence-corrected chi connectivity index (χ3v) is 6.31. The SMILES string of the molecule is CCNC(=O)N(Cc1ccc(N(CC)CC)cc1OS(=O)(=O)CC)CC1CCCO1. The molecule has 1 unspecified atom stereocenters. The number of anilines is 1. The molecular formula is C21H35N3O5S. The van der Waals surface area contributed by atoms with Gasteiger partial charge in [-0.25, -0.2) is 4.79 Å². The van der Waals surface area contributed by atoms with Crippen molar-refractivity contribution in [3.8, 4) is 5.75 Å². The first-order valence-corrected chi connectivity index (χ1v) is 12.4. The Morgan fingerprint density at radius 1 is 1.23 bits per heavy atom. The van der Waals surface area contributed by atoms with Gasteiger partial charge in [0.1, 0.15) is 5.75 Å². The first-order valence-electron chi connectivity index (χ1n) is 10.8. The Labute approximate surface area is 180 Å². The van der Waals surface area contributed by atoms with Crippen molar-refractivity contribution in [2.75, 3.05) is 43.4 Å². The van der Waals surface area contributed by atoms with E-state index in [1.165, 1.54) is 0 Å². The van der Waals surface area contributed by atoms with Crippen LogP contribution in [0, 0.1) is 0 Å². The van der Waals surface area contributed by atoms with Crippen molar-refractivity contribution in [2.24, 2.45) is 0 Å². The van der Waals surface area contributed by atoms with Crippen molar-refractivity contribution < 1.29 is 22.1 Å². The monoisotopic (exact) mass is 441 g/mol. The zero-order chi connectivity index (χ0) is 22.1. The highest BCUT2D eigenvalue weighted by molar-refractivity contribution is 7.87. The Bertz CT molecular complexity index is 790. The number of benzene rings is 1. The summed E-state index contributed by atoms with van der Waals surface area (Å²) in [6, 6.07) is 5.33. The second-order valence-corrected chi connectivity index (χ2v) is 9.10. The molecule has 1 fully saturated rings. The number of ether oxygens (including phenoxy) is 1. The fourth-order valence-corrected chi connectivity index (χ4v) is 4.00. The highest BCUT2D eigenvalue weighted by Crippen LogP contribution is 2.29. The van der Waals surface area contributed by atoms with Gasteiger partial charge in [0.2, 0.25) is 0 Å². The Balaban J connectivity index is 2.35. The molecule has 0 aromatic heterocycles. The topological polar surface area (TPSA) is 88.2 Å².